The highest BCUT2D eigenvalue weighted by molar-refractivity contribution is 6.12. The van der Waals surface area contributed by atoms with Gasteiger partial charge in [0.1, 0.15) is 0 Å². The molecule has 0 spiro atoms. The maximum atomic E-state index is 12.6. The normalized spacial score (nSPS) is 13.8. The third kappa shape index (κ3) is 1.62. The van der Waals surface area contributed by atoms with Crippen molar-refractivity contribution in [3.8, 4) is 0 Å². The number of amides is 1. The molecule has 0 radical (unpaired) electrons. The first-order valence-corrected chi connectivity index (χ1v) is 6.71. The molecule has 1 aliphatic heterocycles. The maximum Gasteiger partial charge on any atom is 0.258 e. The second kappa shape index (κ2) is 4.20. The largest absolute Gasteiger partial charge is 0.304 e. The molecule has 1 amide bonds. The first-order chi connectivity index (χ1) is 9.83. The summed E-state index contributed by atoms with van der Waals surface area (Å²) in [7, 11) is 0. The van der Waals surface area contributed by atoms with Gasteiger partial charge in [-0.3, -0.25) is 4.79 Å². The molecule has 20 heavy (non-hydrogen) atoms. The zero-order valence-corrected chi connectivity index (χ0v) is 10.9. The Labute approximate surface area is 117 Å². The summed E-state index contributed by atoms with van der Waals surface area (Å²) >= 11 is 0. The summed E-state index contributed by atoms with van der Waals surface area (Å²) in [5.41, 5.74) is 2.89. The fraction of sp³-hybridized carbons (Fsp3) is 0.0556. The molecule has 0 fully saturated rings. The van der Waals surface area contributed by atoms with Crippen molar-refractivity contribution >= 4 is 22.4 Å². The van der Waals surface area contributed by atoms with Gasteiger partial charge in [-0.25, -0.2) is 0 Å². The average Bonchev–Trinajstić information content (AvgIpc) is 2.83. The monoisotopic (exact) mass is 259 g/mol. The van der Waals surface area contributed by atoms with E-state index in [1.165, 1.54) is 5.39 Å². The van der Waals surface area contributed by atoms with Gasteiger partial charge in [-0.05, 0) is 40.6 Å². The molecule has 2 nitrogen and oxygen atoms in total. The molecule has 0 aromatic heterocycles. The molecular weight excluding hydrogens is 246 g/mol. The van der Waals surface area contributed by atoms with E-state index >= 15 is 0 Å². The number of anilines is 1. The minimum atomic E-state index is 0.0944. The lowest BCUT2D eigenvalue weighted by molar-refractivity contribution is 0.0996. The number of hydrogen-bond acceptors (Lipinski definition) is 1. The first-order valence-electron chi connectivity index (χ1n) is 6.71. The van der Waals surface area contributed by atoms with Gasteiger partial charge in [0, 0.05) is 11.3 Å². The van der Waals surface area contributed by atoms with Crippen molar-refractivity contribution in [2.45, 2.75) is 6.54 Å². The number of fused-ring (bicyclic) bond motifs is 2. The predicted octanol–water partition coefficient (Wildman–Crippen LogP) is 4.00. The minimum Gasteiger partial charge on any atom is -0.304 e. The molecule has 0 bridgehead atoms. The van der Waals surface area contributed by atoms with E-state index in [2.05, 4.69) is 12.1 Å². The zero-order chi connectivity index (χ0) is 13.5. The standard InChI is InChI=1S/C18H13NO/c20-18-17-11-14-7-5-4-6-13(14)10-15(17)12-19(18)16-8-2-1-3-9-16/h1-11H,12H2. The van der Waals surface area contributed by atoms with Gasteiger partial charge < -0.3 is 4.90 Å². The van der Waals surface area contributed by atoms with E-state index in [1.807, 2.05) is 59.5 Å². The Morgan fingerprint density at radius 1 is 0.800 bits per heavy atom. The molecule has 0 N–H and O–H groups in total. The van der Waals surface area contributed by atoms with Gasteiger partial charge in [0.15, 0.2) is 0 Å². The van der Waals surface area contributed by atoms with Crippen LogP contribution in [0.5, 0.6) is 0 Å². The third-order valence-corrected chi connectivity index (χ3v) is 3.84. The van der Waals surface area contributed by atoms with Crippen molar-refractivity contribution in [2.75, 3.05) is 4.90 Å². The Hall–Kier alpha value is -2.61. The fourth-order valence-electron chi connectivity index (χ4n) is 2.82. The van der Waals surface area contributed by atoms with Crippen molar-refractivity contribution in [2.24, 2.45) is 0 Å². The molecular formula is C18H13NO. The van der Waals surface area contributed by atoms with Gasteiger partial charge in [0.05, 0.1) is 6.54 Å². The molecule has 0 atom stereocenters. The summed E-state index contributed by atoms with van der Waals surface area (Å²) in [4.78, 5) is 14.4. The smallest absolute Gasteiger partial charge is 0.258 e. The van der Waals surface area contributed by atoms with Crippen LogP contribution in [-0.2, 0) is 6.54 Å². The summed E-state index contributed by atoms with van der Waals surface area (Å²) in [6, 6.07) is 22.1. The van der Waals surface area contributed by atoms with Crippen LogP contribution in [0.15, 0.2) is 66.7 Å². The lowest BCUT2D eigenvalue weighted by Gasteiger charge is -2.15. The molecule has 0 unspecified atom stereocenters. The van der Waals surface area contributed by atoms with E-state index in [4.69, 9.17) is 0 Å². The second-order valence-electron chi connectivity index (χ2n) is 5.08. The van der Waals surface area contributed by atoms with E-state index in [-0.39, 0.29) is 5.91 Å². The summed E-state index contributed by atoms with van der Waals surface area (Å²) < 4.78 is 0. The van der Waals surface area contributed by atoms with Gasteiger partial charge in [-0.2, -0.15) is 0 Å². The van der Waals surface area contributed by atoms with Crippen LogP contribution in [-0.4, -0.2) is 5.91 Å². The molecule has 3 aromatic carbocycles. The van der Waals surface area contributed by atoms with E-state index < -0.39 is 0 Å². The Bertz CT molecular complexity index is 808. The van der Waals surface area contributed by atoms with Crippen LogP contribution in [0.4, 0.5) is 5.69 Å². The molecule has 0 saturated heterocycles. The lowest BCUT2D eigenvalue weighted by Crippen LogP contribution is -2.22. The highest BCUT2D eigenvalue weighted by Gasteiger charge is 2.28. The van der Waals surface area contributed by atoms with Crippen LogP contribution in [0, 0.1) is 0 Å². The predicted molar refractivity (Wildman–Crippen MR) is 80.9 cm³/mol. The van der Waals surface area contributed by atoms with Crippen LogP contribution in [0.1, 0.15) is 15.9 Å². The minimum absolute atomic E-state index is 0.0944. The van der Waals surface area contributed by atoms with Gasteiger partial charge in [-0.15, -0.1) is 0 Å². The van der Waals surface area contributed by atoms with Crippen LogP contribution in [0.25, 0.3) is 10.8 Å². The van der Waals surface area contributed by atoms with Gasteiger partial charge >= 0.3 is 0 Å². The van der Waals surface area contributed by atoms with Gasteiger partial charge in [-0.1, -0.05) is 42.5 Å². The Morgan fingerprint density at radius 2 is 1.45 bits per heavy atom. The molecule has 96 valence electrons. The van der Waals surface area contributed by atoms with Crippen LogP contribution in [0.2, 0.25) is 0 Å². The Kier molecular flexibility index (Phi) is 2.36. The molecule has 0 saturated carbocycles. The van der Waals surface area contributed by atoms with Crippen LogP contribution in [0.3, 0.4) is 0 Å². The Balaban J connectivity index is 1.84. The van der Waals surface area contributed by atoms with E-state index in [9.17, 15) is 4.79 Å². The van der Waals surface area contributed by atoms with Crippen LogP contribution >= 0.6 is 0 Å². The molecule has 0 aliphatic carbocycles. The molecule has 1 heterocycles. The molecule has 4 rings (SSSR count). The summed E-state index contributed by atoms with van der Waals surface area (Å²) in [6.45, 7) is 0.656. The van der Waals surface area contributed by atoms with Gasteiger partial charge in [0.25, 0.3) is 5.91 Å². The second-order valence-corrected chi connectivity index (χ2v) is 5.08. The van der Waals surface area contributed by atoms with Crippen molar-refractivity contribution in [1.29, 1.82) is 0 Å². The quantitative estimate of drug-likeness (QED) is 0.647. The van der Waals surface area contributed by atoms with E-state index in [0.717, 1.165) is 22.2 Å². The number of hydrogen-bond donors (Lipinski definition) is 0. The SMILES string of the molecule is O=C1c2cc3ccccc3cc2CN1c1ccccc1. The van der Waals surface area contributed by atoms with Crippen molar-refractivity contribution in [3.63, 3.8) is 0 Å². The maximum absolute atomic E-state index is 12.6. The first kappa shape index (κ1) is 11.2. The van der Waals surface area contributed by atoms with E-state index in [0.29, 0.717) is 6.54 Å². The highest BCUT2D eigenvalue weighted by atomic mass is 16.2. The summed E-state index contributed by atoms with van der Waals surface area (Å²) in [5.74, 6) is 0.0944. The fourth-order valence-corrected chi connectivity index (χ4v) is 2.82. The van der Waals surface area contributed by atoms with Crippen molar-refractivity contribution in [1.82, 2.24) is 0 Å². The molecule has 1 aliphatic rings. The molecule has 2 heteroatoms. The van der Waals surface area contributed by atoms with Crippen molar-refractivity contribution < 1.29 is 4.79 Å². The highest BCUT2D eigenvalue weighted by Crippen LogP contribution is 2.31. The van der Waals surface area contributed by atoms with Crippen molar-refractivity contribution in [3.05, 3.63) is 77.9 Å². The lowest BCUT2D eigenvalue weighted by atomic mass is 10.0. The zero-order valence-electron chi connectivity index (χ0n) is 10.9. The number of carbonyl (C=O) groups excluding carboxylic acids is 1. The third-order valence-electron chi connectivity index (χ3n) is 3.84. The van der Waals surface area contributed by atoms with Gasteiger partial charge in [0.2, 0.25) is 0 Å². The van der Waals surface area contributed by atoms with E-state index in [1.54, 1.807) is 0 Å². The topological polar surface area (TPSA) is 20.3 Å². The number of nitrogens with zero attached hydrogens (tertiary/aromatic N) is 1. The molecule has 3 aromatic rings. The number of para-hydroxylation sites is 1. The summed E-state index contributed by atoms with van der Waals surface area (Å²) in [6.07, 6.45) is 0. The number of rotatable bonds is 1. The number of benzene rings is 3. The number of carbonyl (C=O) groups is 1. The summed E-state index contributed by atoms with van der Waals surface area (Å²) in [5, 5.41) is 2.31. The average molecular weight is 259 g/mol. The Morgan fingerprint density at radius 3 is 2.20 bits per heavy atom. The van der Waals surface area contributed by atoms with Crippen LogP contribution < -0.4 is 4.90 Å².